The highest BCUT2D eigenvalue weighted by atomic mass is 32.2. The van der Waals surface area contributed by atoms with Gasteiger partial charge in [-0.1, -0.05) is 90.7 Å². The Hall–Kier alpha value is -3.05. The first-order valence-corrected chi connectivity index (χ1v) is 13.9. The van der Waals surface area contributed by atoms with E-state index < -0.39 is 6.04 Å². The van der Waals surface area contributed by atoms with E-state index in [4.69, 9.17) is 0 Å². The van der Waals surface area contributed by atoms with Gasteiger partial charge in [-0.05, 0) is 49.9 Å². The van der Waals surface area contributed by atoms with E-state index in [1.54, 1.807) is 4.90 Å². The molecule has 1 aliphatic carbocycles. The summed E-state index contributed by atoms with van der Waals surface area (Å²) < 4.78 is 0. The second-order valence-electron chi connectivity index (χ2n) is 9.80. The van der Waals surface area contributed by atoms with Crippen molar-refractivity contribution in [3.05, 3.63) is 101 Å². The van der Waals surface area contributed by atoms with Gasteiger partial charge in [0.2, 0.25) is 11.8 Å². The number of thioether (sulfide) groups is 1. The molecular weight excluding hydrogens is 464 g/mol. The van der Waals surface area contributed by atoms with Crippen molar-refractivity contribution in [1.82, 2.24) is 10.2 Å². The first-order chi connectivity index (χ1) is 17.5. The Morgan fingerprint density at radius 3 is 2.11 bits per heavy atom. The average molecular weight is 501 g/mol. The summed E-state index contributed by atoms with van der Waals surface area (Å²) in [7, 11) is 0. The van der Waals surface area contributed by atoms with E-state index in [0.717, 1.165) is 41.7 Å². The number of aryl methyl sites for hydroxylation is 2. The fourth-order valence-electron chi connectivity index (χ4n) is 4.67. The topological polar surface area (TPSA) is 49.4 Å². The molecule has 1 N–H and O–H groups in total. The molecule has 0 heterocycles. The molecule has 0 spiro atoms. The van der Waals surface area contributed by atoms with Crippen LogP contribution in [-0.2, 0) is 22.6 Å². The highest BCUT2D eigenvalue weighted by Gasteiger charge is 2.32. The monoisotopic (exact) mass is 500 g/mol. The minimum absolute atomic E-state index is 0.0244. The quantitative estimate of drug-likeness (QED) is 0.343. The fourth-order valence-corrected chi connectivity index (χ4v) is 5.46. The van der Waals surface area contributed by atoms with Gasteiger partial charge in [0.1, 0.15) is 6.04 Å². The van der Waals surface area contributed by atoms with Crippen LogP contribution in [0.5, 0.6) is 0 Å². The highest BCUT2D eigenvalue weighted by molar-refractivity contribution is 8.00. The normalized spacial score (nSPS) is 14.4. The summed E-state index contributed by atoms with van der Waals surface area (Å²) in [5, 5.41) is 3.27. The molecule has 3 aromatic rings. The Balaban J connectivity index is 1.59. The molecule has 2 amide bonds. The third-order valence-corrected chi connectivity index (χ3v) is 7.83. The number of rotatable bonds is 10. The zero-order chi connectivity index (χ0) is 25.3. The van der Waals surface area contributed by atoms with Crippen molar-refractivity contribution >= 4 is 23.6 Å². The van der Waals surface area contributed by atoms with Gasteiger partial charge in [0.15, 0.2) is 0 Å². The Labute approximate surface area is 219 Å². The van der Waals surface area contributed by atoms with Gasteiger partial charge in [-0.2, -0.15) is 0 Å². The number of carbonyl (C=O) groups is 2. The van der Waals surface area contributed by atoms with Crippen molar-refractivity contribution in [3.63, 3.8) is 0 Å². The lowest BCUT2D eigenvalue weighted by Crippen LogP contribution is -2.52. The SMILES string of the molecule is Cc1ccc(CN(C(=O)CSc2ccc(C)cc2)[C@H](Cc2ccccc2)C(=O)NC2CCCC2)cc1. The van der Waals surface area contributed by atoms with Crippen molar-refractivity contribution in [1.29, 1.82) is 0 Å². The second kappa shape index (κ2) is 12.8. The average Bonchev–Trinajstić information content (AvgIpc) is 3.40. The molecule has 5 heteroatoms. The van der Waals surface area contributed by atoms with E-state index in [-0.39, 0.29) is 23.6 Å². The van der Waals surface area contributed by atoms with Crippen LogP contribution in [0.25, 0.3) is 0 Å². The van der Waals surface area contributed by atoms with Crippen molar-refractivity contribution in [3.8, 4) is 0 Å². The van der Waals surface area contributed by atoms with Crippen molar-refractivity contribution in [2.24, 2.45) is 0 Å². The van der Waals surface area contributed by atoms with Crippen LogP contribution >= 0.6 is 11.8 Å². The molecule has 0 bridgehead atoms. The summed E-state index contributed by atoms with van der Waals surface area (Å²) in [4.78, 5) is 30.3. The lowest BCUT2D eigenvalue weighted by Gasteiger charge is -2.32. The molecule has 0 saturated heterocycles. The van der Waals surface area contributed by atoms with Gasteiger partial charge in [0.25, 0.3) is 0 Å². The van der Waals surface area contributed by atoms with Gasteiger partial charge >= 0.3 is 0 Å². The third kappa shape index (κ3) is 7.47. The largest absolute Gasteiger partial charge is 0.352 e. The molecule has 4 nitrogen and oxygen atoms in total. The molecule has 1 atom stereocenters. The number of nitrogens with zero attached hydrogens (tertiary/aromatic N) is 1. The minimum Gasteiger partial charge on any atom is -0.352 e. The molecular formula is C31H36N2O2S. The molecule has 36 heavy (non-hydrogen) atoms. The van der Waals surface area contributed by atoms with Crippen LogP contribution in [0.1, 0.15) is 47.9 Å². The Morgan fingerprint density at radius 1 is 0.861 bits per heavy atom. The summed E-state index contributed by atoms with van der Waals surface area (Å²) >= 11 is 1.52. The van der Waals surface area contributed by atoms with Crippen LogP contribution in [0.15, 0.2) is 83.8 Å². The second-order valence-corrected chi connectivity index (χ2v) is 10.9. The number of nitrogens with one attached hydrogen (secondary N) is 1. The standard InChI is InChI=1S/C31H36N2O2S/c1-23-12-16-26(17-13-23)21-33(30(34)22-36-28-18-14-24(2)15-19-28)29(20-25-8-4-3-5-9-25)31(35)32-27-10-6-7-11-27/h3-5,8-9,12-19,27,29H,6-7,10-11,20-22H2,1-2H3,(H,32,35)/t29-/m1/s1. The van der Waals surface area contributed by atoms with Gasteiger partial charge < -0.3 is 10.2 Å². The van der Waals surface area contributed by atoms with Gasteiger partial charge in [0.05, 0.1) is 5.75 Å². The maximum atomic E-state index is 13.8. The van der Waals surface area contributed by atoms with Gasteiger partial charge in [0, 0.05) is 23.9 Å². The van der Waals surface area contributed by atoms with Gasteiger partial charge in [-0.3, -0.25) is 9.59 Å². The van der Waals surface area contributed by atoms with Crippen LogP contribution in [0, 0.1) is 13.8 Å². The predicted molar refractivity (Wildman–Crippen MR) is 148 cm³/mol. The Morgan fingerprint density at radius 2 is 1.47 bits per heavy atom. The van der Waals surface area contributed by atoms with E-state index in [2.05, 4.69) is 55.6 Å². The maximum Gasteiger partial charge on any atom is 0.243 e. The lowest BCUT2D eigenvalue weighted by molar-refractivity contribution is -0.139. The van der Waals surface area contributed by atoms with Crippen molar-refractivity contribution in [2.45, 2.75) is 69.5 Å². The zero-order valence-electron chi connectivity index (χ0n) is 21.3. The summed E-state index contributed by atoms with van der Waals surface area (Å²) in [5.74, 6) is 0.215. The summed E-state index contributed by atoms with van der Waals surface area (Å²) in [6.07, 6.45) is 4.81. The maximum absolute atomic E-state index is 13.8. The molecule has 0 radical (unpaired) electrons. The van der Waals surface area contributed by atoms with Crippen LogP contribution < -0.4 is 5.32 Å². The van der Waals surface area contributed by atoms with E-state index in [1.165, 1.54) is 22.9 Å². The number of carbonyl (C=O) groups excluding carboxylic acids is 2. The zero-order valence-corrected chi connectivity index (χ0v) is 22.1. The highest BCUT2D eigenvalue weighted by Crippen LogP contribution is 2.23. The smallest absolute Gasteiger partial charge is 0.243 e. The van der Waals surface area contributed by atoms with E-state index in [0.29, 0.717) is 13.0 Å². The van der Waals surface area contributed by atoms with E-state index in [9.17, 15) is 9.59 Å². The Kier molecular flexibility index (Phi) is 9.23. The molecule has 0 aromatic heterocycles. The van der Waals surface area contributed by atoms with Gasteiger partial charge in [-0.15, -0.1) is 11.8 Å². The van der Waals surface area contributed by atoms with Crippen LogP contribution in [-0.4, -0.2) is 34.6 Å². The molecule has 1 fully saturated rings. The van der Waals surface area contributed by atoms with Gasteiger partial charge in [-0.25, -0.2) is 0 Å². The van der Waals surface area contributed by atoms with Crippen molar-refractivity contribution in [2.75, 3.05) is 5.75 Å². The molecule has 0 aliphatic heterocycles. The number of benzene rings is 3. The minimum atomic E-state index is -0.569. The molecule has 1 saturated carbocycles. The molecule has 188 valence electrons. The predicted octanol–water partition coefficient (Wildman–Crippen LogP) is 6.09. The number of amides is 2. The summed E-state index contributed by atoms with van der Waals surface area (Å²) in [6, 6.07) is 26.1. The first kappa shape index (κ1) is 26.0. The first-order valence-electron chi connectivity index (χ1n) is 12.9. The molecule has 1 aliphatic rings. The van der Waals surface area contributed by atoms with E-state index in [1.807, 2.05) is 42.5 Å². The summed E-state index contributed by atoms with van der Waals surface area (Å²) in [5.41, 5.74) is 4.45. The molecule has 0 unspecified atom stereocenters. The van der Waals surface area contributed by atoms with Crippen LogP contribution in [0.3, 0.4) is 0 Å². The van der Waals surface area contributed by atoms with Crippen LogP contribution in [0.2, 0.25) is 0 Å². The van der Waals surface area contributed by atoms with Crippen molar-refractivity contribution < 1.29 is 9.59 Å². The third-order valence-electron chi connectivity index (χ3n) is 6.83. The molecule has 3 aromatic carbocycles. The molecule has 4 rings (SSSR count). The fraction of sp³-hybridized carbons (Fsp3) is 0.355. The number of hydrogen-bond acceptors (Lipinski definition) is 3. The van der Waals surface area contributed by atoms with E-state index >= 15 is 0 Å². The number of hydrogen-bond donors (Lipinski definition) is 1. The summed E-state index contributed by atoms with van der Waals surface area (Å²) in [6.45, 7) is 4.52. The van der Waals surface area contributed by atoms with Crippen LogP contribution in [0.4, 0.5) is 0 Å². The Bertz CT molecular complexity index is 1120. The lowest BCUT2D eigenvalue weighted by atomic mass is 10.0.